The van der Waals surface area contributed by atoms with Crippen LogP contribution in [0.15, 0.2) is 53.2 Å². The molecule has 1 aromatic carbocycles. The zero-order valence-electron chi connectivity index (χ0n) is 16.0. The fourth-order valence-corrected chi connectivity index (χ4v) is 2.93. The molecule has 1 unspecified atom stereocenters. The highest BCUT2D eigenvalue weighted by Gasteiger charge is 2.28. The fourth-order valence-electron chi connectivity index (χ4n) is 2.93. The average molecular weight is 365 g/mol. The molecule has 3 aromatic rings. The molecule has 2 aromatic heterocycles. The Bertz CT molecular complexity index is 908. The van der Waals surface area contributed by atoms with Gasteiger partial charge in [-0.15, -0.1) is 0 Å². The number of hydrogen-bond acceptors (Lipinski definition) is 6. The van der Waals surface area contributed by atoms with Crippen LogP contribution < -0.4 is 0 Å². The summed E-state index contributed by atoms with van der Waals surface area (Å²) in [6.07, 6.45) is 1.67. The first kappa shape index (κ1) is 18.7. The van der Waals surface area contributed by atoms with Crippen molar-refractivity contribution in [2.45, 2.75) is 19.5 Å². The summed E-state index contributed by atoms with van der Waals surface area (Å²) in [7, 11) is 5.53. The average Bonchev–Trinajstić information content (AvgIpc) is 3.12. The van der Waals surface area contributed by atoms with Gasteiger partial charge in [0.05, 0.1) is 6.54 Å². The standard InChI is InChI=1S/C20H23N5O2/c1-14-9-5-6-10-15(14)18(24(2)3)20(26)25(4)13-17-22-19(23-27-17)16-11-7-8-12-21-16/h5-12,18H,13H2,1-4H3. The van der Waals surface area contributed by atoms with Crippen LogP contribution in [0.4, 0.5) is 0 Å². The second-order valence-electron chi connectivity index (χ2n) is 6.64. The van der Waals surface area contributed by atoms with Gasteiger partial charge in [0.25, 0.3) is 0 Å². The van der Waals surface area contributed by atoms with Gasteiger partial charge in [-0.2, -0.15) is 4.98 Å². The van der Waals surface area contributed by atoms with Crippen molar-refractivity contribution in [3.63, 3.8) is 0 Å². The number of likely N-dealkylation sites (N-methyl/N-ethyl adjacent to an activating group) is 2. The monoisotopic (exact) mass is 365 g/mol. The molecule has 1 amide bonds. The summed E-state index contributed by atoms with van der Waals surface area (Å²) >= 11 is 0. The zero-order valence-corrected chi connectivity index (χ0v) is 16.0. The van der Waals surface area contributed by atoms with E-state index in [0.29, 0.717) is 17.4 Å². The fraction of sp³-hybridized carbons (Fsp3) is 0.300. The van der Waals surface area contributed by atoms with Gasteiger partial charge >= 0.3 is 0 Å². The summed E-state index contributed by atoms with van der Waals surface area (Å²) in [6, 6.07) is 13.0. The Kier molecular flexibility index (Phi) is 5.61. The van der Waals surface area contributed by atoms with Crippen LogP contribution in [0.3, 0.4) is 0 Å². The van der Waals surface area contributed by atoms with Crippen LogP contribution in [0.1, 0.15) is 23.1 Å². The third-order valence-corrected chi connectivity index (χ3v) is 4.34. The van der Waals surface area contributed by atoms with Crippen LogP contribution in [-0.4, -0.2) is 52.0 Å². The lowest BCUT2D eigenvalue weighted by atomic mass is 9.99. The summed E-state index contributed by atoms with van der Waals surface area (Å²) in [5, 5.41) is 3.95. The van der Waals surface area contributed by atoms with E-state index >= 15 is 0 Å². The Morgan fingerprint density at radius 1 is 1.11 bits per heavy atom. The van der Waals surface area contributed by atoms with E-state index in [1.807, 2.05) is 68.4 Å². The van der Waals surface area contributed by atoms with Gasteiger partial charge in [0.15, 0.2) is 0 Å². The summed E-state index contributed by atoms with van der Waals surface area (Å²) in [4.78, 5) is 25.2. The second-order valence-corrected chi connectivity index (χ2v) is 6.64. The molecule has 3 rings (SSSR count). The highest BCUT2D eigenvalue weighted by Crippen LogP contribution is 2.24. The van der Waals surface area contributed by atoms with E-state index in [-0.39, 0.29) is 18.5 Å². The number of rotatable bonds is 6. The SMILES string of the molecule is Cc1ccccc1C(C(=O)N(C)Cc1nc(-c2ccccn2)no1)N(C)C. The maximum absolute atomic E-state index is 13.1. The molecule has 0 N–H and O–H groups in total. The van der Waals surface area contributed by atoms with Crippen molar-refractivity contribution < 1.29 is 9.32 Å². The normalized spacial score (nSPS) is 12.2. The van der Waals surface area contributed by atoms with E-state index in [1.165, 1.54) is 0 Å². The number of pyridine rings is 1. The van der Waals surface area contributed by atoms with Crippen molar-refractivity contribution in [3.8, 4) is 11.5 Å². The van der Waals surface area contributed by atoms with E-state index in [9.17, 15) is 4.79 Å². The van der Waals surface area contributed by atoms with Crippen molar-refractivity contribution in [2.75, 3.05) is 21.1 Å². The smallest absolute Gasteiger partial charge is 0.246 e. The van der Waals surface area contributed by atoms with E-state index < -0.39 is 0 Å². The highest BCUT2D eigenvalue weighted by molar-refractivity contribution is 5.83. The molecular weight excluding hydrogens is 342 g/mol. The van der Waals surface area contributed by atoms with Gasteiger partial charge in [0.1, 0.15) is 11.7 Å². The van der Waals surface area contributed by atoms with Crippen molar-refractivity contribution in [2.24, 2.45) is 0 Å². The van der Waals surface area contributed by atoms with E-state index in [1.54, 1.807) is 18.1 Å². The number of amides is 1. The minimum Gasteiger partial charge on any atom is -0.337 e. The Labute approximate surface area is 158 Å². The van der Waals surface area contributed by atoms with Crippen LogP contribution in [0.25, 0.3) is 11.5 Å². The molecule has 1 atom stereocenters. The molecule has 0 spiro atoms. The Hall–Kier alpha value is -3.06. The number of benzene rings is 1. The van der Waals surface area contributed by atoms with Crippen LogP contribution >= 0.6 is 0 Å². The Balaban J connectivity index is 1.77. The van der Waals surface area contributed by atoms with Crippen LogP contribution in [0.2, 0.25) is 0 Å². The van der Waals surface area contributed by atoms with Crippen molar-refractivity contribution in [1.82, 2.24) is 24.9 Å². The third-order valence-electron chi connectivity index (χ3n) is 4.34. The Morgan fingerprint density at radius 3 is 2.52 bits per heavy atom. The van der Waals surface area contributed by atoms with Crippen molar-refractivity contribution in [3.05, 3.63) is 65.7 Å². The number of hydrogen-bond donors (Lipinski definition) is 0. The largest absolute Gasteiger partial charge is 0.337 e. The van der Waals surface area contributed by atoms with Crippen molar-refractivity contribution >= 4 is 5.91 Å². The van der Waals surface area contributed by atoms with Gasteiger partial charge in [-0.3, -0.25) is 14.7 Å². The predicted octanol–water partition coefficient (Wildman–Crippen LogP) is 2.70. The molecule has 7 heteroatoms. The van der Waals surface area contributed by atoms with Gasteiger partial charge in [0.2, 0.25) is 17.6 Å². The molecule has 0 saturated heterocycles. The molecule has 140 valence electrons. The van der Waals surface area contributed by atoms with E-state index in [2.05, 4.69) is 15.1 Å². The highest BCUT2D eigenvalue weighted by atomic mass is 16.5. The lowest BCUT2D eigenvalue weighted by molar-refractivity contribution is -0.135. The first-order chi connectivity index (χ1) is 13.0. The first-order valence-corrected chi connectivity index (χ1v) is 8.68. The number of aromatic nitrogens is 3. The molecule has 2 heterocycles. The predicted molar refractivity (Wildman–Crippen MR) is 102 cm³/mol. The molecule has 0 aliphatic carbocycles. The molecule has 27 heavy (non-hydrogen) atoms. The quantitative estimate of drug-likeness (QED) is 0.669. The number of carbonyl (C=O) groups excluding carboxylic acids is 1. The number of carbonyl (C=O) groups is 1. The lowest BCUT2D eigenvalue weighted by Crippen LogP contribution is -2.38. The minimum absolute atomic E-state index is 0.0353. The lowest BCUT2D eigenvalue weighted by Gasteiger charge is -2.29. The van der Waals surface area contributed by atoms with Crippen LogP contribution in [0, 0.1) is 6.92 Å². The molecule has 0 fully saturated rings. The molecule has 0 aliphatic rings. The molecular formula is C20H23N5O2. The number of aryl methyl sites for hydroxylation is 1. The van der Waals surface area contributed by atoms with E-state index in [0.717, 1.165) is 11.1 Å². The van der Waals surface area contributed by atoms with Gasteiger partial charge < -0.3 is 9.42 Å². The summed E-state index contributed by atoms with van der Waals surface area (Å²) in [5.74, 6) is 0.746. The maximum Gasteiger partial charge on any atom is 0.246 e. The van der Waals surface area contributed by atoms with E-state index in [4.69, 9.17) is 4.52 Å². The molecule has 7 nitrogen and oxygen atoms in total. The molecule has 0 saturated carbocycles. The summed E-state index contributed by atoms with van der Waals surface area (Å²) < 4.78 is 5.30. The van der Waals surface area contributed by atoms with Gasteiger partial charge in [-0.1, -0.05) is 35.5 Å². The first-order valence-electron chi connectivity index (χ1n) is 8.68. The third kappa shape index (κ3) is 4.20. The van der Waals surface area contributed by atoms with Gasteiger partial charge in [-0.05, 0) is 44.3 Å². The van der Waals surface area contributed by atoms with Gasteiger partial charge in [0, 0.05) is 13.2 Å². The van der Waals surface area contributed by atoms with Crippen molar-refractivity contribution in [1.29, 1.82) is 0 Å². The molecule has 0 aliphatic heterocycles. The zero-order chi connectivity index (χ0) is 19.4. The number of nitrogens with zero attached hydrogens (tertiary/aromatic N) is 5. The van der Waals surface area contributed by atoms with Crippen LogP contribution in [-0.2, 0) is 11.3 Å². The van der Waals surface area contributed by atoms with Gasteiger partial charge in [-0.25, -0.2) is 0 Å². The summed E-state index contributed by atoms with van der Waals surface area (Å²) in [5.41, 5.74) is 2.69. The minimum atomic E-state index is -0.380. The Morgan fingerprint density at radius 2 is 1.85 bits per heavy atom. The maximum atomic E-state index is 13.1. The summed E-state index contributed by atoms with van der Waals surface area (Å²) in [6.45, 7) is 2.24. The molecule has 0 radical (unpaired) electrons. The molecule has 0 bridgehead atoms. The van der Waals surface area contributed by atoms with Crippen LogP contribution in [0.5, 0.6) is 0 Å². The second kappa shape index (κ2) is 8.09. The topological polar surface area (TPSA) is 75.4 Å².